The van der Waals surface area contributed by atoms with E-state index in [1.807, 2.05) is 41.7 Å². The summed E-state index contributed by atoms with van der Waals surface area (Å²) in [6.07, 6.45) is 4.70. The van der Waals surface area contributed by atoms with Crippen LogP contribution < -0.4 is 5.32 Å². The third kappa shape index (κ3) is 7.63. The van der Waals surface area contributed by atoms with Crippen molar-refractivity contribution in [1.29, 1.82) is 0 Å². The van der Waals surface area contributed by atoms with Crippen molar-refractivity contribution in [2.45, 2.75) is 85.9 Å². The van der Waals surface area contributed by atoms with Gasteiger partial charge in [-0.15, -0.1) is 0 Å². The van der Waals surface area contributed by atoms with E-state index < -0.39 is 11.5 Å². The molecule has 3 unspecified atom stereocenters. The number of nitrogens with one attached hydrogen (secondary N) is 1. The molecule has 178 valence electrons. The van der Waals surface area contributed by atoms with Gasteiger partial charge >= 0.3 is 5.97 Å². The third-order valence-corrected chi connectivity index (χ3v) is 5.97. The molecule has 1 saturated heterocycles. The number of esters is 1. The molecule has 31 heavy (non-hydrogen) atoms. The molecule has 1 N–H and O–H groups in total. The first-order valence-electron chi connectivity index (χ1n) is 11.4. The zero-order valence-electron chi connectivity index (χ0n) is 20.9. The minimum Gasteiger partial charge on any atom is -0.463 e. The molecule has 1 aliphatic rings. The van der Waals surface area contributed by atoms with Gasteiger partial charge in [0.1, 0.15) is 6.04 Å². The molecule has 1 aliphatic heterocycles. The molecule has 0 aromatic heterocycles. The summed E-state index contributed by atoms with van der Waals surface area (Å²) in [5.74, 6) is -0.553. The summed E-state index contributed by atoms with van der Waals surface area (Å²) in [5.41, 5.74) is 0.00994. The first-order chi connectivity index (χ1) is 14.3. The Morgan fingerprint density at radius 2 is 1.84 bits per heavy atom. The number of carbonyl (C=O) groups excluding carboxylic acids is 3. The Morgan fingerprint density at radius 1 is 1.23 bits per heavy atom. The maximum Gasteiger partial charge on any atom is 0.333 e. The molecular formula is C24H43N3O4. The van der Waals surface area contributed by atoms with Crippen LogP contribution in [-0.4, -0.2) is 73.0 Å². The lowest BCUT2D eigenvalue weighted by atomic mass is 9.84. The van der Waals surface area contributed by atoms with Crippen LogP contribution in [0.3, 0.4) is 0 Å². The summed E-state index contributed by atoms with van der Waals surface area (Å²) in [7, 11) is 3.70. The molecule has 1 heterocycles. The Kier molecular flexibility index (Phi) is 10.2. The summed E-state index contributed by atoms with van der Waals surface area (Å²) in [5, 5.41) is 3.04. The lowest BCUT2D eigenvalue weighted by Crippen LogP contribution is -2.59. The van der Waals surface area contributed by atoms with Gasteiger partial charge < -0.3 is 15.0 Å². The van der Waals surface area contributed by atoms with Crippen LogP contribution in [-0.2, 0) is 19.1 Å². The van der Waals surface area contributed by atoms with Crippen LogP contribution in [0.15, 0.2) is 11.6 Å². The van der Waals surface area contributed by atoms with E-state index in [9.17, 15) is 14.4 Å². The number of hydrogen-bond donors (Lipinski definition) is 1. The van der Waals surface area contributed by atoms with E-state index in [2.05, 4.69) is 10.2 Å². The number of nitrogens with zero attached hydrogens (tertiary/aromatic N) is 2. The second-order valence-corrected chi connectivity index (χ2v) is 10.1. The van der Waals surface area contributed by atoms with Crippen LogP contribution >= 0.6 is 0 Å². The second kappa shape index (κ2) is 11.7. The van der Waals surface area contributed by atoms with E-state index >= 15 is 0 Å². The topological polar surface area (TPSA) is 79.0 Å². The van der Waals surface area contributed by atoms with Crippen LogP contribution in [0, 0.1) is 11.3 Å². The van der Waals surface area contributed by atoms with Crippen molar-refractivity contribution < 1.29 is 19.1 Å². The number of piperidine rings is 1. The first kappa shape index (κ1) is 27.1. The summed E-state index contributed by atoms with van der Waals surface area (Å²) in [6, 6.07) is -1.17. The average Bonchev–Trinajstić information content (AvgIpc) is 2.68. The van der Waals surface area contributed by atoms with Crippen molar-refractivity contribution in [2.24, 2.45) is 11.3 Å². The van der Waals surface area contributed by atoms with Gasteiger partial charge in [-0.1, -0.05) is 47.1 Å². The fourth-order valence-corrected chi connectivity index (χ4v) is 3.96. The van der Waals surface area contributed by atoms with Gasteiger partial charge in [0, 0.05) is 12.6 Å². The quantitative estimate of drug-likeness (QED) is 0.466. The second-order valence-electron chi connectivity index (χ2n) is 10.1. The summed E-state index contributed by atoms with van der Waals surface area (Å²) in [6.45, 7) is 14.5. The number of hydrogen-bond acceptors (Lipinski definition) is 5. The van der Waals surface area contributed by atoms with E-state index in [0.29, 0.717) is 12.2 Å². The SMILES string of the molecule is CCOC(=O)/C(C)=C/C(C(C)C)N(C)C(=O)C(NC(=O)C1CCCCN1C)C(C)(C)C. The number of likely N-dealkylation sites (tertiary alicyclic amines) is 1. The lowest BCUT2D eigenvalue weighted by molar-refractivity contribution is -0.141. The number of likely N-dealkylation sites (N-methyl/N-ethyl adjacent to an activating group) is 2. The van der Waals surface area contributed by atoms with E-state index in [1.54, 1.807) is 31.9 Å². The predicted molar refractivity (Wildman–Crippen MR) is 123 cm³/mol. The molecule has 3 atom stereocenters. The fourth-order valence-electron chi connectivity index (χ4n) is 3.96. The van der Waals surface area contributed by atoms with Gasteiger partial charge in [0.05, 0.1) is 18.7 Å². The fraction of sp³-hybridized carbons (Fsp3) is 0.792. The van der Waals surface area contributed by atoms with Crippen molar-refractivity contribution >= 4 is 17.8 Å². The van der Waals surface area contributed by atoms with E-state index in [1.165, 1.54) is 0 Å². The Hall–Kier alpha value is -1.89. The van der Waals surface area contributed by atoms with Crippen molar-refractivity contribution in [2.75, 3.05) is 27.2 Å². The van der Waals surface area contributed by atoms with Gasteiger partial charge in [-0.3, -0.25) is 14.5 Å². The van der Waals surface area contributed by atoms with Crippen molar-refractivity contribution in [3.8, 4) is 0 Å². The van der Waals surface area contributed by atoms with Crippen LogP contribution in [0.1, 0.15) is 67.7 Å². The number of carbonyl (C=O) groups is 3. The van der Waals surface area contributed by atoms with Crippen molar-refractivity contribution in [3.63, 3.8) is 0 Å². The Balaban J connectivity index is 3.10. The Bertz CT molecular complexity index is 666. The molecule has 0 aliphatic carbocycles. The molecule has 0 spiro atoms. The zero-order chi connectivity index (χ0) is 23.9. The minimum atomic E-state index is -0.669. The van der Waals surface area contributed by atoms with Gasteiger partial charge in [-0.25, -0.2) is 4.79 Å². The van der Waals surface area contributed by atoms with Crippen LogP contribution in [0.5, 0.6) is 0 Å². The zero-order valence-corrected chi connectivity index (χ0v) is 20.9. The highest BCUT2D eigenvalue weighted by Crippen LogP contribution is 2.25. The molecule has 0 bridgehead atoms. The molecule has 7 heteroatoms. The van der Waals surface area contributed by atoms with Crippen LogP contribution in [0.4, 0.5) is 0 Å². The third-order valence-electron chi connectivity index (χ3n) is 5.97. The van der Waals surface area contributed by atoms with Crippen molar-refractivity contribution in [1.82, 2.24) is 15.1 Å². The molecule has 2 amide bonds. The number of amides is 2. The van der Waals surface area contributed by atoms with Gasteiger partial charge in [0.15, 0.2) is 0 Å². The van der Waals surface area contributed by atoms with E-state index in [4.69, 9.17) is 4.74 Å². The number of ether oxygens (including phenoxy) is 1. The smallest absolute Gasteiger partial charge is 0.333 e. The lowest BCUT2D eigenvalue weighted by Gasteiger charge is -2.39. The molecule has 0 radical (unpaired) electrons. The molecule has 1 rings (SSSR count). The molecular weight excluding hydrogens is 394 g/mol. The largest absolute Gasteiger partial charge is 0.463 e. The highest BCUT2D eigenvalue weighted by atomic mass is 16.5. The van der Waals surface area contributed by atoms with E-state index in [-0.39, 0.29) is 35.8 Å². The normalized spacial score (nSPS) is 20.2. The predicted octanol–water partition coefficient (Wildman–Crippen LogP) is 2.99. The monoisotopic (exact) mass is 437 g/mol. The Labute approximate surface area is 188 Å². The van der Waals surface area contributed by atoms with Gasteiger partial charge in [0.25, 0.3) is 0 Å². The van der Waals surface area contributed by atoms with Gasteiger partial charge in [0.2, 0.25) is 11.8 Å². The first-order valence-corrected chi connectivity index (χ1v) is 11.4. The standard InChI is InChI=1S/C24H43N3O4/c1-10-31-23(30)17(4)15-19(16(2)3)27(9)22(29)20(24(5,6)7)25-21(28)18-13-11-12-14-26(18)8/h15-16,18-20H,10-14H2,1-9H3,(H,25,28)/b17-15+. The summed E-state index contributed by atoms with van der Waals surface area (Å²) >= 11 is 0. The molecule has 0 aromatic carbocycles. The highest BCUT2D eigenvalue weighted by molar-refractivity contribution is 5.91. The summed E-state index contributed by atoms with van der Waals surface area (Å²) < 4.78 is 5.08. The minimum absolute atomic E-state index is 0.0825. The average molecular weight is 438 g/mol. The van der Waals surface area contributed by atoms with Gasteiger partial charge in [-0.05, 0) is 51.6 Å². The van der Waals surface area contributed by atoms with Crippen molar-refractivity contribution in [3.05, 3.63) is 11.6 Å². The van der Waals surface area contributed by atoms with Crippen LogP contribution in [0.25, 0.3) is 0 Å². The Morgan fingerprint density at radius 3 is 2.32 bits per heavy atom. The van der Waals surface area contributed by atoms with E-state index in [0.717, 1.165) is 25.8 Å². The van der Waals surface area contributed by atoms with Gasteiger partial charge in [-0.2, -0.15) is 0 Å². The maximum absolute atomic E-state index is 13.6. The molecule has 0 aromatic rings. The van der Waals surface area contributed by atoms with Crippen LogP contribution in [0.2, 0.25) is 0 Å². The molecule has 1 fully saturated rings. The molecule has 0 saturated carbocycles. The highest BCUT2D eigenvalue weighted by Gasteiger charge is 2.39. The maximum atomic E-state index is 13.6. The summed E-state index contributed by atoms with van der Waals surface area (Å²) in [4.78, 5) is 42.4. The molecule has 7 nitrogen and oxygen atoms in total. The number of rotatable bonds is 8.